The van der Waals surface area contributed by atoms with Gasteiger partial charge in [0.05, 0.1) is 0 Å². The maximum atomic E-state index is 13.3. The Hall–Kier alpha value is -1.14. The molecule has 0 saturated heterocycles. The van der Waals surface area contributed by atoms with E-state index in [1.165, 1.54) is 42.9 Å². The first-order valence-electron chi connectivity index (χ1n) is 10.3. The first kappa shape index (κ1) is 25.1. The van der Waals surface area contributed by atoms with Crippen LogP contribution in [0, 0.1) is 5.82 Å². The molecule has 0 spiro atoms. The minimum absolute atomic E-state index is 0. The summed E-state index contributed by atoms with van der Waals surface area (Å²) in [5, 5.41) is 0. The Morgan fingerprint density at radius 1 is 1.00 bits per heavy atom. The second kappa shape index (κ2) is 12.0. The van der Waals surface area contributed by atoms with E-state index in [-0.39, 0.29) is 18.2 Å². The molecule has 1 aliphatic rings. The van der Waals surface area contributed by atoms with E-state index in [1.807, 2.05) is 6.07 Å². The summed E-state index contributed by atoms with van der Waals surface area (Å²) in [6.45, 7) is 0.989. The molecule has 2 aromatic rings. The summed E-state index contributed by atoms with van der Waals surface area (Å²) in [4.78, 5) is 4.46. The largest absolute Gasteiger partial charge is 0.358 e. The predicted molar refractivity (Wildman–Crippen MR) is 134 cm³/mol. The molecule has 0 N–H and O–H groups in total. The fourth-order valence-electron chi connectivity index (χ4n) is 4.08. The van der Waals surface area contributed by atoms with Crippen molar-refractivity contribution >= 4 is 40.7 Å². The van der Waals surface area contributed by atoms with Gasteiger partial charge in [-0.2, -0.15) is 0 Å². The lowest BCUT2D eigenvalue weighted by Gasteiger charge is -2.36. The molecule has 1 saturated carbocycles. The molecular weight excluding hydrogens is 435 g/mol. The number of nitrogens with zero attached hydrogens (tertiary/aromatic N) is 2. The highest BCUT2D eigenvalue weighted by Gasteiger charge is 2.26. The Bertz CT molecular complexity index is 805. The van der Waals surface area contributed by atoms with Crippen molar-refractivity contribution in [2.75, 3.05) is 21.1 Å². The average Bonchev–Trinajstić information content (AvgIpc) is 2.72. The molecule has 0 aromatic heterocycles. The molecule has 0 radical (unpaired) electrons. The molecule has 2 aromatic carbocycles. The fraction of sp³-hybridized carbons (Fsp3) is 0.458. The summed E-state index contributed by atoms with van der Waals surface area (Å²) < 4.78 is 14.2. The Morgan fingerprint density at radius 2 is 1.67 bits per heavy atom. The van der Waals surface area contributed by atoms with Crippen LogP contribution in [0.2, 0.25) is 0 Å². The van der Waals surface area contributed by atoms with Gasteiger partial charge in [-0.15, -0.1) is 12.4 Å². The summed E-state index contributed by atoms with van der Waals surface area (Å²) in [6, 6.07) is 16.4. The number of hydrogen-bond donors (Lipinski definition) is 0. The number of benzene rings is 2. The van der Waals surface area contributed by atoms with Crippen molar-refractivity contribution < 1.29 is 4.39 Å². The van der Waals surface area contributed by atoms with Crippen LogP contribution in [0.5, 0.6) is 0 Å². The molecular formula is C24H32ClFN2S2. The van der Waals surface area contributed by atoms with Crippen LogP contribution in [0.15, 0.2) is 48.5 Å². The minimum Gasteiger partial charge on any atom is -0.358 e. The van der Waals surface area contributed by atoms with Crippen molar-refractivity contribution in [2.24, 2.45) is 0 Å². The van der Waals surface area contributed by atoms with E-state index in [4.69, 9.17) is 12.2 Å². The molecule has 30 heavy (non-hydrogen) atoms. The normalized spacial score (nSPS) is 18.7. The van der Waals surface area contributed by atoms with Crippen molar-refractivity contribution in [3.05, 3.63) is 71.0 Å². The van der Waals surface area contributed by atoms with Gasteiger partial charge in [0.15, 0.2) is 0 Å². The average molecular weight is 467 g/mol. The van der Waals surface area contributed by atoms with Crippen LogP contribution in [0.1, 0.15) is 48.3 Å². The summed E-state index contributed by atoms with van der Waals surface area (Å²) in [5.74, 6) is 1.19. The molecule has 3 rings (SSSR count). The topological polar surface area (TPSA) is 6.48 Å². The monoisotopic (exact) mass is 466 g/mol. The van der Waals surface area contributed by atoms with E-state index in [9.17, 15) is 4.39 Å². The molecule has 0 atom stereocenters. The second-order valence-electron chi connectivity index (χ2n) is 8.28. The summed E-state index contributed by atoms with van der Waals surface area (Å²) >= 11 is 7.28. The van der Waals surface area contributed by atoms with Crippen LogP contribution in [0.3, 0.4) is 0 Å². The summed E-state index contributed by atoms with van der Waals surface area (Å²) in [6.07, 6.45) is 4.75. The van der Waals surface area contributed by atoms with Crippen molar-refractivity contribution in [1.82, 2.24) is 9.80 Å². The third-order valence-corrected chi connectivity index (χ3v) is 7.39. The van der Waals surface area contributed by atoms with E-state index in [0.717, 1.165) is 22.2 Å². The smallest absolute Gasteiger partial charge is 0.136 e. The van der Waals surface area contributed by atoms with Gasteiger partial charge < -0.3 is 9.80 Å². The third-order valence-electron chi connectivity index (χ3n) is 5.73. The standard InChI is InChI=1S/C24H31FN2S2.ClH/c1-26(2)16-18-7-9-20(10-8-18)21-11-13-23(14-12-21)27(3)24(28)29-17-19-5-4-6-22(25)15-19;/h4-10,15,21,23H,11-14,16-17H2,1-3H3;1H. The van der Waals surface area contributed by atoms with Gasteiger partial charge in [0.1, 0.15) is 10.1 Å². The first-order chi connectivity index (χ1) is 13.9. The van der Waals surface area contributed by atoms with E-state index >= 15 is 0 Å². The molecule has 0 unspecified atom stereocenters. The van der Waals surface area contributed by atoms with Crippen LogP contribution >= 0.6 is 36.4 Å². The number of thioether (sulfide) groups is 1. The van der Waals surface area contributed by atoms with Crippen molar-refractivity contribution in [2.45, 2.75) is 49.9 Å². The number of hydrogen-bond acceptors (Lipinski definition) is 3. The molecule has 6 heteroatoms. The lowest BCUT2D eigenvalue weighted by Crippen LogP contribution is -2.37. The van der Waals surface area contributed by atoms with Crippen LogP contribution in [-0.2, 0) is 12.3 Å². The molecule has 0 aliphatic heterocycles. The van der Waals surface area contributed by atoms with Gasteiger partial charge in [-0.1, -0.05) is 60.4 Å². The van der Waals surface area contributed by atoms with E-state index < -0.39 is 0 Å². The van der Waals surface area contributed by atoms with Gasteiger partial charge >= 0.3 is 0 Å². The lowest BCUT2D eigenvalue weighted by atomic mass is 9.81. The van der Waals surface area contributed by atoms with Gasteiger partial charge in [-0.05, 0) is 74.5 Å². The van der Waals surface area contributed by atoms with Crippen LogP contribution in [0.4, 0.5) is 4.39 Å². The Balaban J connectivity index is 0.00000320. The SMILES string of the molecule is CN(C)Cc1ccc(C2CCC(N(C)C(=S)SCc3cccc(F)c3)CC2)cc1.Cl. The third kappa shape index (κ3) is 7.23. The molecule has 1 fully saturated rings. The quantitative estimate of drug-likeness (QED) is 0.449. The first-order valence-corrected chi connectivity index (χ1v) is 11.7. The second-order valence-corrected chi connectivity index (χ2v) is 9.89. The van der Waals surface area contributed by atoms with Gasteiger partial charge in [0.25, 0.3) is 0 Å². The van der Waals surface area contributed by atoms with Crippen LogP contribution < -0.4 is 0 Å². The fourth-order valence-corrected chi connectivity index (χ4v) is 5.23. The zero-order chi connectivity index (χ0) is 20.8. The highest BCUT2D eigenvalue weighted by Crippen LogP contribution is 2.35. The maximum absolute atomic E-state index is 13.3. The summed E-state index contributed by atoms with van der Waals surface area (Å²) in [7, 11) is 6.32. The highest BCUT2D eigenvalue weighted by atomic mass is 35.5. The van der Waals surface area contributed by atoms with Crippen LogP contribution in [-0.4, -0.2) is 41.3 Å². The number of thiocarbonyl (C=S) groups is 1. The Morgan fingerprint density at radius 3 is 2.27 bits per heavy atom. The molecule has 2 nitrogen and oxygen atoms in total. The Kier molecular flexibility index (Phi) is 10.1. The lowest BCUT2D eigenvalue weighted by molar-refractivity contribution is 0.267. The van der Waals surface area contributed by atoms with Gasteiger partial charge in [0.2, 0.25) is 0 Å². The van der Waals surface area contributed by atoms with Crippen molar-refractivity contribution in [3.63, 3.8) is 0 Å². The zero-order valence-electron chi connectivity index (χ0n) is 18.0. The highest BCUT2D eigenvalue weighted by molar-refractivity contribution is 8.22. The minimum atomic E-state index is -0.185. The Labute approximate surface area is 196 Å². The maximum Gasteiger partial charge on any atom is 0.136 e. The van der Waals surface area contributed by atoms with Crippen molar-refractivity contribution in [1.29, 1.82) is 0 Å². The zero-order valence-corrected chi connectivity index (χ0v) is 20.5. The number of rotatable bonds is 6. The summed E-state index contributed by atoms with van der Waals surface area (Å²) in [5.41, 5.74) is 3.82. The van der Waals surface area contributed by atoms with Gasteiger partial charge in [0, 0.05) is 25.4 Å². The van der Waals surface area contributed by atoms with E-state index in [2.05, 4.69) is 55.2 Å². The van der Waals surface area contributed by atoms with E-state index in [1.54, 1.807) is 23.9 Å². The molecule has 0 bridgehead atoms. The molecule has 0 heterocycles. The van der Waals surface area contributed by atoms with E-state index in [0.29, 0.717) is 12.0 Å². The number of halogens is 2. The van der Waals surface area contributed by atoms with Gasteiger partial charge in [-0.25, -0.2) is 4.39 Å². The molecule has 1 aliphatic carbocycles. The van der Waals surface area contributed by atoms with Crippen LogP contribution in [0.25, 0.3) is 0 Å². The molecule has 164 valence electrons. The predicted octanol–water partition coefficient (Wildman–Crippen LogP) is 6.49. The van der Waals surface area contributed by atoms with Gasteiger partial charge in [-0.3, -0.25) is 0 Å². The molecule has 0 amide bonds. The van der Waals surface area contributed by atoms with Crippen molar-refractivity contribution in [3.8, 4) is 0 Å².